The number of benzene rings is 1. The summed E-state index contributed by atoms with van der Waals surface area (Å²) in [5.74, 6) is 1.41. The fourth-order valence-electron chi connectivity index (χ4n) is 2.18. The van der Waals surface area contributed by atoms with E-state index in [0.717, 1.165) is 11.3 Å². The third-order valence-corrected chi connectivity index (χ3v) is 3.32. The summed E-state index contributed by atoms with van der Waals surface area (Å²) in [4.78, 5) is 0. The molecule has 0 fully saturated rings. The van der Waals surface area contributed by atoms with Gasteiger partial charge in [0.25, 0.3) is 0 Å². The molecule has 1 unspecified atom stereocenters. The van der Waals surface area contributed by atoms with Crippen molar-refractivity contribution in [3.05, 3.63) is 54.0 Å². The Balaban J connectivity index is 1.89. The number of rotatable bonds is 10. The van der Waals surface area contributed by atoms with Crippen LogP contribution in [0.2, 0.25) is 0 Å². The molecule has 1 aromatic heterocycles. The second-order valence-corrected chi connectivity index (χ2v) is 5.90. The van der Waals surface area contributed by atoms with Crippen LogP contribution in [0.15, 0.2) is 47.1 Å². The molecule has 1 N–H and O–H groups in total. The van der Waals surface area contributed by atoms with Gasteiger partial charge in [0.1, 0.15) is 11.5 Å². The van der Waals surface area contributed by atoms with Gasteiger partial charge in [0, 0.05) is 13.2 Å². The number of hydrogen-bond acceptors (Lipinski definition) is 4. The van der Waals surface area contributed by atoms with Gasteiger partial charge in [-0.2, -0.15) is 8.78 Å². The lowest BCUT2D eigenvalue weighted by Crippen LogP contribution is -2.25. The first kappa shape index (κ1) is 18.4. The number of halogens is 2. The molecule has 1 heterocycles. The minimum atomic E-state index is -2.81. The summed E-state index contributed by atoms with van der Waals surface area (Å²) < 4.78 is 39.8. The Hall–Kier alpha value is -1.92. The molecular weight excluding hydrogens is 316 g/mol. The highest BCUT2D eigenvalue weighted by atomic mass is 19.3. The van der Waals surface area contributed by atoms with E-state index in [0.29, 0.717) is 25.7 Å². The van der Waals surface area contributed by atoms with E-state index in [9.17, 15) is 8.78 Å². The summed E-state index contributed by atoms with van der Waals surface area (Å²) in [5.41, 5.74) is 0.956. The molecule has 0 saturated carbocycles. The molecule has 0 bridgehead atoms. The zero-order valence-electron chi connectivity index (χ0n) is 13.9. The Labute approximate surface area is 140 Å². The van der Waals surface area contributed by atoms with Crippen LogP contribution >= 0.6 is 0 Å². The van der Waals surface area contributed by atoms with Crippen LogP contribution in [0.25, 0.3) is 0 Å². The molecule has 0 amide bonds. The third kappa shape index (κ3) is 6.29. The molecule has 1 aromatic carbocycles. The summed E-state index contributed by atoms with van der Waals surface area (Å²) in [6.45, 7) is 3.12. The maximum absolute atomic E-state index is 12.1. The van der Waals surface area contributed by atoms with Gasteiger partial charge in [0.15, 0.2) is 0 Å². The van der Waals surface area contributed by atoms with Gasteiger partial charge in [-0.3, -0.25) is 0 Å². The summed E-state index contributed by atoms with van der Waals surface area (Å²) in [5, 5.41) is 3.36. The summed E-state index contributed by atoms with van der Waals surface area (Å²) >= 11 is 0. The van der Waals surface area contributed by atoms with Crippen molar-refractivity contribution in [2.75, 3.05) is 13.2 Å². The molecular formula is C18H23F2NO3. The first-order valence-electron chi connectivity index (χ1n) is 7.93. The van der Waals surface area contributed by atoms with Gasteiger partial charge in [-0.25, -0.2) is 0 Å². The summed E-state index contributed by atoms with van der Waals surface area (Å²) in [6.07, 6.45) is 1.63. The van der Waals surface area contributed by atoms with Crippen molar-refractivity contribution < 1.29 is 22.7 Å². The smallest absolute Gasteiger partial charge is 0.387 e. The van der Waals surface area contributed by atoms with Crippen molar-refractivity contribution >= 4 is 0 Å². The molecule has 2 aromatic rings. The van der Waals surface area contributed by atoms with E-state index in [2.05, 4.69) is 23.9 Å². The van der Waals surface area contributed by atoms with Crippen molar-refractivity contribution in [3.63, 3.8) is 0 Å². The second-order valence-electron chi connectivity index (χ2n) is 5.90. The Morgan fingerprint density at radius 1 is 1.08 bits per heavy atom. The monoisotopic (exact) mass is 339 g/mol. The van der Waals surface area contributed by atoms with Crippen LogP contribution in [0.3, 0.4) is 0 Å². The number of furan rings is 1. The van der Waals surface area contributed by atoms with Crippen molar-refractivity contribution in [3.8, 4) is 5.75 Å². The van der Waals surface area contributed by atoms with Crippen molar-refractivity contribution in [2.45, 2.75) is 33.0 Å². The van der Waals surface area contributed by atoms with Crippen LogP contribution in [0.1, 0.15) is 31.2 Å². The molecule has 0 spiro atoms. The topological polar surface area (TPSA) is 43.6 Å². The minimum Gasteiger partial charge on any atom is -0.468 e. The predicted octanol–water partition coefficient (Wildman–Crippen LogP) is 4.38. The molecule has 1 atom stereocenters. The minimum absolute atomic E-state index is 0.0734. The molecule has 2 rings (SSSR count). The van der Waals surface area contributed by atoms with Crippen LogP contribution in [-0.4, -0.2) is 19.8 Å². The van der Waals surface area contributed by atoms with E-state index in [4.69, 9.17) is 9.15 Å². The van der Waals surface area contributed by atoms with Gasteiger partial charge >= 0.3 is 6.61 Å². The van der Waals surface area contributed by atoms with Crippen molar-refractivity contribution in [2.24, 2.45) is 5.92 Å². The molecule has 0 saturated heterocycles. The van der Waals surface area contributed by atoms with E-state index in [1.165, 1.54) is 12.1 Å². The normalized spacial score (nSPS) is 12.8. The molecule has 0 aliphatic heterocycles. The number of nitrogens with one attached hydrogen (secondary N) is 1. The van der Waals surface area contributed by atoms with Crippen molar-refractivity contribution in [1.82, 2.24) is 5.32 Å². The van der Waals surface area contributed by atoms with E-state index in [1.54, 1.807) is 18.4 Å². The van der Waals surface area contributed by atoms with Gasteiger partial charge in [-0.1, -0.05) is 26.0 Å². The number of hydrogen-bond donors (Lipinski definition) is 1. The lowest BCUT2D eigenvalue weighted by atomic mass is 10.2. The summed E-state index contributed by atoms with van der Waals surface area (Å²) in [7, 11) is 0. The molecule has 0 radical (unpaired) electrons. The lowest BCUT2D eigenvalue weighted by Gasteiger charge is -2.18. The van der Waals surface area contributed by atoms with Crippen LogP contribution < -0.4 is 10.1 Å². The van der Waals surface area contributed by atoms with Gasteiger partial charge in [-0.15, -0.1) is 0 Å². The average molecular weight is 339 g/mol. The van der Waals surface area contributed by atoms with E-state index in [-0.39, 0.29) is 11.8 Å². The zero-order chi connectivity index (χ0) is 17.4. The molecule has 0 aliphatic rings. The van der Waals surface area contributed by atoms with Crippen LogP contribution in [0, 0.1) is 5.92 Å². The maximum atomic E-state index is 12.1. The quantitative estimate of drug-likeness (QED) is 0.697. The van der Waals surface area contributed by atoms with Gasteiger partial charge < -0.3 is 19.2 Å². The molecule has 0 aliphatic carbocycles. The molecule has 132 valence electrons. The Morgan fingerprint density at radius 2 is 1.83 bits per heavy atom. The molecule has 4 nitrogen and oxygen atoms in total. The number of ether oxygens (including phenoxy) is 2. The zero-order valence-corrected chi connectivity index (χ0v) is 13.9. The first-order valence-corrected chi connectivity index (χ1v) is 7.93. The Bertz CT molecular complexity index is 570. The highest BCUT2D eigenvalue weighted by Gasteiger charge is 2.14. The second kappa shape index (κ2) is 9.39. The standard InChI is InChI=1S/C18H23F2NO3/c1-13(2)11-22-12-16(17-4-3-9-23-17)21-10-14-5-7-15(8-6-14)24-18(19)20/h3-9,13,16,18,21H,10-12H2,1-2H3. The summed E-state index contributed by atoms with van der Waals surface area (Å²) in [6, 6.07) is 10.2. The van der Waals surface area contributed by atoms with Crippen molar-refractivity contribution in [1.29, 1.82) is 0 Å². The third-order valence-electron chi connectivity index (χ3n) is 3.32. The highest BCUT2D eigenvalue weighted by Crippen LogP contribution is 2.18. The Kier molecular flexibility index (Phi) is 7.21. The van der Waals surface area contributed by atoms with E-state index >= 15 is 0 Å². The van der Waals surface area contributed by atoms with Gasteiger partial charge in [-0.05, 0) is 35.7 Å². The van der Waals surface area contributed by atoms with E-state index in [1.807, 2.05) is 12.1 Å². The highest BCUT2D eigenvalue weighted by molar-refractivity contribution is 5.27. The molecule has 6 heteroatoms. The SMILES string of the molecule is CC(C)COCC(NCc1ccc(OC(F)F)cc1)c1ccco1. The van der Waals surface area contributed by atoms with Gasteiger partial charge in [0.2, 0.25) is 0 Å². The lowest BCUT2D eigenvalue weighted by molar-refractivity contribution is -0.0498. The van der Waals surface area contributed by atoms with Crippen LogP contribution in [0.4, 0.5) is 8.78 Å². The fraction of sp³-hybridized carbons (Fsp3) is 0.444. The predicted molar refractivity (Wildman–Crippen MR) is 87.0 cm³/mol. The molecule has 24 heavy (non-hydrogen) atoms. The Morgan fingerprint density at radius 3 is 2.42 bits per heavy atom. The van der Waals surface area contributed by atoms with Crippen LogP contribution in [-0.2, 0) is 11.3 Å². The average Bonchev–Trinajstić information content (AvgIpc) is 3.05. The number of alkyl halides is 2. The first-order chi connectivity index (χ1) is 11.5. The fourth-order valence-corrected chi connectivity index (χ4v) is 2.18. The maximum Gasteiger partial charge on any atom is 0.387 e. The van der Waals surface area contributed by atoms with E-state index < -0.39 is 6.61 Å². The van der Waals surface area contributed by atoms with Gasteiger partial charge in [0.05, 0.1) is 18.9 Å². The largest absolute Gasteiger partial charge is 0.468 e. The van der Waals surface area contributed by atoms with Crippen LogP contribution in [0.5, 0.6) is 5.75 Å².